The highest BCUT2D eigenvalue weighted by molar-refractivity contribution is 7.13. The number of rotatable bonds is 5. The molecule has 6 nitrogen and oxygen atoms in total. The second-order valence-corrected chi connectivity index (χ2v) is 5.22. The minimum absolute atomic E-state index is 0.535. The van der Waals surface area contributed by atoms with Gasteiger partial charge < -0.3 is 15.4 Å². The fourth-order valence-electron chi connectivity index (χ4n) is 1.31. The zero-order valence-electron chi connectivity index (χ0n) is 10.1. The molecule has 0 aliphatic rings. The SMILES string of the molecule is CC(C)(C(=O)O)c1csc(NCc2ncc[nH]2)n1. The second-order valence-electron chi connectivity index (χ2n) is 4.36. The zero-order valence-corrected chi connectivity index (χ0v) is 10.9. The highest BCUT2D eigenvalue weighted by Gasteiger charge is 2.32. The average Bonchev–Trinajstić information content (AvgIpc) is 2.97. The van der Waals surface area contributed by atoms with Gasteiger partial charge >= 0.3 is 5.97 Å². The van der Waals surface area contributed by atoms with Gasteiger partial charge in [0.15, 0.2) is 5.13 Å². The van der Waals surface area contributed by atoms with E-state index in [1.54, 1.807) is 31.6 Å². The van der Waals surface area contributed by atoms with Gasteiger partial charge in [-0.15, -0.1) is 11.3 Å². The Morgan fingerprint density at radius 3 is 3.00 bits per heavy atom. The van der Waals surface area contributed by atoms with Crippen molar-refractivity contribution < 1.29 is 9.90 Å². The van der Waals surface area contributed by atoms with Gasteiger partial charge in [-0.05, 0) is 13.8 Å². The van der Waals surface area contributed by atoms with Crippen LogP contribution in [0.5, 0.6) is 0 Å². The predicted molar refractivity (Wildman–Crippen MR) is 68.7 cm³/mol. The van der Waals surface area contributed by atoms with Gasteiger partial charge in [-0.25, -0.2) is 9.97 Å². The number of thiazole rings is 1. The molecule has 0 aromatic carbocycles. The molecule has 0 spiro atoms. The van der Waals surface area contributed by atoms with Crippen LogP contribution in [0.25, 0.3) is 0 Å². The van der Waals surface area contributed by atoms with E-state index in [4.69, 9.17) is 5.11 Å². The first-order valence-corrected chi connectivity index (χ1v) is 6.29. The predicted octanol–water partition coefficient (Wildman–Crippen LogP) is 1.84. The highest BCUT2D eigenvalue weighted by atomic mass is 32.1. The summed E-state index contributed by atoms with van der Waals surface area (Å²) in [6.07, 6.45) is 3.43. The molecule has 0 amide bonds. The molecule has 0 aliphatic carbocycles. The second kappa shape index (κ2) is 4.77. The van der Waals surface area contributed by atoms with Gasteiger partial charge in [-0.1, -0.05) is 0 Å². The van der Waals surface area contributed by atoms with Crippen LogP contribution in [0.3, 0.4) is 0 Å². The molecule has 0 unspecified atom stereocenters. The summed E-state index contributed by atoms with van der Waals surface area (Å²) in [6.45, 7) is 3.81. The maximum Gasteiger partial charge on any atom is 0.315 e. The fraction of sp³-hybridized carbons (Fsp3) is 0.364. The first kappa shape index (κ1) is 12.6. The van der Waals surface area contributed by atoms with Crippen LogP contribution in [0.15, 0.2) is 17.8 Å². The van der Waals surface area contributed by atoms with Gasteiger partial charge in [0.2, 0.25) is 0 Å². The Hall–Kier alpha value is -1.89. The number of aliphatic carboxylic acids is 1. The van der Waals surface area contributed by atoms with Gasteiger partial charge in [0, 0.05) is 17.8 Å². The van der Waals surface area contributed by atoms with Crippen LogP contribution in [-0.4, -0.2) is 26.0 Å². The van der Waals surface area contributed by atoms with E-state index in [2.05, 4.69) is 20.3 Å². The van der Waals surface area contributed by atoms with E-state index < -0.39 is 11.4 Å². The summed E-state index contributed by atoms with van der Waals surface area (Å²) in [4.78, 5) is 22.4. The monoisotopic (exact) mass is 266 g/mol. The summed E-state index contributed by atoms with van der Waals surface area (Å²) in [6, 6.07) is 0. The van der Waals surface area contributed by atoms with E-state index in [0.29, 0.717) is 17.4 Å². The molecule has 0 bridgehead atoms. The Bertz CT molecular complexity index is 533. The first-order valence-electron chi connectivity index (χ1n) is 5.41. The van der Waals surface area contributed by atoms with Crippen molar-refractivity contribution >= 4 is 22.4 Å². The molecular formula is C11H14N4O2S. The van der Waals surface area contributed by atoms with Crippen molar-refractivity contribution in [3.05, 3.63) is 29.3 Å². The molecule has 3 N–H and O–H groups in total. The van der Waals surface area contributed by atoms with Crippen LogP contribution in [0.1, 0.15) is 25.4 Å². The number of aromatic amines is 1. The van der Waals surface area contributed by atoms with E-state index in [0.717, 1.165) is 5.82 Å². The molecule has 0 saturated carbocycles. The number of carboxylic acids is 1. The number of nitrogens with one attached hydrogen (secondary N) is 2. The summed E-state index contributed by atoms with van der Waals surface area (Å²) in [5, 5.41) is 14.7. The van der Waals surface area contributed by atoms with Crippen molar-refractivity contribution in [3.8, 4) is 0 Å². The average molecular weight is 266 g/mol. The quantitative estimate of drug-likeness (QED) is 0.768. The lowest BCUT2D eigenvalue weighted by Crippen LogP contribution is -2.28. The van der Waals surface area contributed by atoms with Crippen LogP contribution in [0.4, 0.5) is 5.13 Å². The lowest BCUT2D eigenvalue weighted by Gasteiger charge is -2.15. The molecule has 0 fully saturated rings. The molecule has 18 heavy (non-hydrogen) atoms. The maximum absolute atomic E-state index is 11.1. The van der Waals surface area contributed by atoms with E-state index >= 15 is 0 Å². The van der Waals surface area contributed by atoms with Crippen molar-refractivity contribution in [1.29, 1.82) is 0 Å². The Balaban J connectivity index is 2.04. The number of nitrogens with zero attached hydrogens (tertiary/aromatic N) is 2. The topological polar surface area (TPSA) is 90.9 Å². The number of carboxylic acid groups (broad SMARTS) is 1. The molecule has 7 heteroatoms. The molecule has 0 aliphatic heterocycles. The van der Waals surface area contributed by atoms with Crippen LogP contribution in [0.2, 0.25) is 0 Å². The Labute approximate surface area is 108 Å². The highest BCUT2D eigenvalue weighted by Crippen LogP contribution is 2.27. The lowest BCUT2D eigenvalue weighted by atomic mass is 9.90. The number of imidazole rings is 1. The van der Waals surface area contributed by atoms with E-state index in [9.17, 15) is 4.79 Å². The van der Waals surface area contributed by atoms with E-state index in [1.165, 1.54) is 11.3 Å². The normalized spacial score (nSPS) is 11.4. The Morgan fingerprint density at radius 2 is 2.39 bits per heavy atom. The van der Waals surface area contributed by atoms with Crippen molar-refractivity contribution in [3.63, 3.8) is 0 Å². The standard InChI is InChI=1S/C11H14N4O2S/c1-11(2,9(16)17)7-6-18-10(15-7)14-5-8-12-3-4-13-8/h3-4,6H,5H2,1-2H3,(H,12,13)(H,14,15)(H,16,17). The number of hydrogen-bond donors (Lipinski definition) is 3. The fourth-order valence-corrected chi connectivity index (χ4v) is 2.18. The van der Waals surface area contributed by atoms with E-state index in [-0.39, 0.29) is 0 Å². The van der Waals surface area contributed by atoms with E-state index in [1.807, 2.05) is 0 Å². The minimum Gasteiger partial charge on any atom is -0.481 e. The van der Waals surface area contributed by atoms with Gasteiger partial charge in [-0.2, -0.15) is 0 Å². The maximum atomic E-state index is 11.1. The smallest absolute Gasteiger partial charge is 0.315 e. The number of aromatic nitrogens is 3. The Morgan fingerprint density at radius 1 is 1.61 bits per heavy atom. The molecule has 2 aromatic heterocycles. The summed E-state index contributed by atoms with van der Waals surface area (Å²) in [7, 11) is 0. The number of carbonyl (C=O) groups is 1. The summed E-state index contributed by atoms with van der Waals surface area (Å²) >= 11 is 1.39. The molecular weight excluding hydrogens is 252 g/mol. The third-order valence-electron chi connectivity index (χ3n) is 2.64. The molecule has 0 radical (unpaired) electrons. The van der Waals surface area contributed by atoms with Gasteiger partial charge in [-0.3, -0.25) is 4.79 Å². The minimum atomic E-state index is -0.971. The molecule has 2 rings (SSSR count). The number of anilines is 1. The molecule has 2 heterocycles. The van der Waals surface area contributed by atoms with Crippen molar-refractivity contribution in [2.45, 2.75) is 25.8 Å². The molecule has 0 atom stereocenters. The van der Waals surface area contributed by atoms with Crippen LogP contribution >= 0.6 is 11.3 Å². The summed E-state index contributed by atoms with van der Waals surface area (Å²) in [5.74, 6) is -0.0744. The van der Waals surface area contributed by atoms with Crippen LogP contribution in [0, 0.1) is 0 Å². The lowest BCUT2D eigenvalue weighted by molar-refractivity contribution is -0.142. The van der Waals surface area contributed by atoms with Crippen molar-refractivity contribution in [2.75, 3.05) is 5.32 Å². The number of H-pyrrole nitrogens is 1. The van der Waals surface area contributed by atoms with Gasteiger partial charge in [0.05, 0.1) is 12.2 Å². The molecule has 2 aromatic rings. The summed E-state index contributed by atoms with van der Waals surface area (Å²) < 4.78 is 0. The zero-order chi connectivity index (χ0) is 13.2. The van der Waals surface area contributed by atoms with Crippen LogP contribution in [-0.2, 0) is 16.8 Å². The number of hydrogen-bond acceptors (Lipinski definition) is 5. The first-order chi connectivity index (χ1) is 8.50. The van der Waals surface area contributed by atoms with Gasteiger partial charge in [0.1, 0.15) is 11.2 Å². The third-order valence-corrected chi connectivity index (χ3v) is 3.44. The third kappa shape index (κ3) is 2.51. The van der Waals surface area contributed by atoms with Crippen molar-refractivity contribution in [1.82, 2.24) is 15.0 Å². The molecule has 0 saturated heterocycles. The Kier molecular flexibility index (Phi) is 3.33. The molecule has 96 valence electrons. The largest absolute Gasteiger partial charge is 0.481 e. The van der Waals surface area contributed by atoms with Crippen LogP contribution < -0.4 is 5.32 Å². The van der Waals surface area contributed by atoms with Gasteiger partial charge in [0.25, 0.3) is 0 Å². The van der Waals surface area contributed by atoms with Crippen molar-refractivity contribution in [2.24, 2.45) is 0 Å². The summed E-state index contributed by atoms with van der Waals surface area (Å²) in [5.41, 5.74) is -0.414.